The van der Waals surface area contributed by atoms with Gasteiger partial charge in [0, 0.05) is 6.54 Å². The van der Waals surface area contributed by atoms with E-state index in [1.165, 1.54) is 36.7 Å². The molecule has 5 nitrogen and oxygen atoms in total. The van der Waals surface area contributed by atoms with E-state index in [-0.39, 0.29) is 11.6 Å². The van der Waals surface area contributed by atoms with E-state index in [0.29, 0.717) is 11.5 Å². The molecule has 2 amide bonds. The maximum Gasteiger partial charge on any atom is 0.338 e. The van der Waals surface area contributed by atoms with Crippen LogP contribution in [0.15, 0.2) is 11.4 Å². The summed E-state index contributed by atoms with van der Waals surface area (Å²) in [5.41, 5.74) is 0.129. The van der Waals surface area contributed by atoms with E-state index in [1.54, 1.807) is 5.38 Å². The first-order valence-corrected chi connectivity index (χ1v) is 8.24. The normalized spacial score (nSPS) is 10.6. The quantitative estimate of drug-likeness (QED) is 0.599. The highest BCUT2D eigenvalue weighted by molar-refractivity contribution is 7.14. The number of carbonyl (C=O) groups is 2. The van der Waals surface area contributed by atoms with Crippen molar-refractivity contribution in [2.45, 2.75) is 46.0 Å². The summed E-state index contributed by atoms with van der Waals surface area (Å²) in [6, 6.07) is 1.14. The third kappa shape index (κ3) is 7.13. The fourth-order valence-electron chi connectivity index (χ4n) is 1.95. The molecule has 1 heterocycles. The maximum atomic E-state index is 11.7. The average Bonchev–Trinajstić information content (AvgIpc) is 2.85. The molecule has 0 saturated carbocycles. The number of aromatic carboxylic acids is 1. The van der Waals surface area contributed by atoms with Gasteiger partial charge in [-0.2, -0.15) is 0 Å². The lowest BCUT2D eigenvalue weighted by atomic mass is 10.0. The predicted octanol–water partition coefficient (Wildman–Crippen LogP) is 4.17. The minimum Gasteiger partial charge on any atom is -0.478 e. The molecule has 1 rings (SSSR count). The number of unbranched alkanes of at least 4 members (excludes halogenated alkanes) is 3. The van der Waals surface area contributed by atoms with Crippen molar-refractivity contribution in [2.24, 2.45) is 5.92 Å². The van der Waals surface area contributed by atoms with Crippen molar-refractivity contribution in [3.05, 3.63) is 17.0 Å². The van der Waals surface area contributed by atoms with E-state index in [9.17, 15) is 9.59 Å². The molecule has 0 aliphatic heterocycles. The molecule has 0 aliphatic carbocycles. The van der Waals surface area contributed by atoms with Crippen LogP contribution in [0.4, 0.5) is 9.80 Å². The van der Waals surface area contributed by atoms with Crippen LogP contribution in [0, 0.1) is 5.92 Å². The number of carbonyl (C=O) groups excluding carboxylic acids is 1. The minimum atomic E-state index is -1.03. The summed E-state index contributed by atoms with van der Waals surface area (Å²) in [7, 11) is 0. The van der Waals surface area contributed by atoms with Crippen molar-refractivity contribution in [3.8, 4) is 0 Å². The van der Waals surface area contributed by atoms with Crippen LogP contribution in [0.1, 0.15) is 56.3 Å². The highest BCUT2D eigenvalue weighted by Gasteiger charge is 2.13. The lowest BCUT2D eigenvalue weighted by Gasteiger charge is -2.07. The first-order chi connectivity index (χ1) is 10.0. The second kappa shape index (κ2) is 9.39. The lowest BCUT2D eigenvalue weighted by Crippen LogP contribution is -2.29. The summed E-state index contributed by atoms with van der Waals surface area (Å²) in [6.45, 7) is 5.06. The van der Waals surface area contributed by atoms with Gasteiger partial charge in [-0.15, -0.1) is 11.3 Å². The third-order valence-electron chi connectivity index (χ3n) is 3.12. The van der Waals surface area contributed by atoms with Gasteiger partial charge in [-0.05, 0) is 23.8 Å². The fourth-order valence-corrected chi connectivity index (χ4v) is 2.73. The number of thiophene rings is 1. The Morgan fingerprint density at radius 1 is 1.24 bits per heavy atom. The molecule has 0 atom stereocenters. The van der Waals surface area contributed by atoms with Gasteiger partial charge in [0.2, 0.25) is 0 Å². The van der Waals surface area contributed by atoms with E-state index < -0.39 is 5.97 Å². The Kier molecular flexibility index (Phi) is 7.82. The van der Waals surface area contributed by atoms with Gasteiger partial charge < -0.3 is 10.4 Å². The van der Waals surface area contributed by atoms with Gasteiger partial charge in [-0.25, -0.2) is 9.59 Å². The summed E-state index contributed by atoms with van der Waals surface area (Å²) < 4.78 is 0. The standard InChI is InChI=1S/C15H24N2O3S/c1-11(2)7-5-3-4-6-9-16-15(20)17-13-12(14(18)19)8-10-21-13/h8,10-11H,3-7,9H2,1-2H3,(H,18,19)(H2,16,17,20). The second-order valence-corrected chi connectivity index (χ2v) is 6.36. The zero-order valence-electron chi connectivity index (χ0n) is 12.6. The summed E-state index contributed by atoms with van der Waals surface area (Å²) >= 11 is 1.21. The van der Waals surface area contributed by atoms with Gasteiger partial charge in [0.25, 0.3) is 0 Å². The van der Waals surface area contributed by atoms with Crippen LogP contribution in [0.5, 0.6) is 0 Å². The average molecular weight is 312 g/mol. The molecule has 1 aromatic heterocycles. The highest BCUT2D eigenvalue weighted by Crippen LogP contribution is 2.22. The predicted molar refractivity (Wildman–Crippen MR) is 86.2 cm³/mol. The van der Waals surface area contributed by atoms with Gasteiger partial charge in [-0.1, -0.05) is 39.5 Å². The van der Waals surface area contributed by atoms with Gasteiger partial charge in [0.1, 0.15) is 5.00 Å². The van der Waals surface area contributed by atoms with Gasteiger partial charge in [-0.3, -0.25) is 5.32 Å². The Balaban J connectivity index is 2.14. The van der Waals surface area contributed by atoms with Gasteiger partial charge in [0.15, 0.2) is 0 Å². The summed E-state index contributed by atoms with van der Waals surface area (Å²) in [5, 5.41) is 16.3. The zero-order valence-corrected chi connectivity index (χ0v) is 13.5. The number of carboxylic acids is 1. The summed E-state index contributed by atoms with van der Waals surface area (Å²) in [6.07, 6.45) is 5.73. The molecule has 6 heteroatoms. The van der Waals surface area contributed by atoms with Crippen molar-refractivity contribution in [1.82, 2.24) is 5.32 Å². The van der Waals surface area contributed by atoms with Crippen LogP contribution in [0.25, 0.3) is 0 Å². The zero-order chi connectivity index (χ0) is 15.7. The van der Waals surface area contributed by atoms with Crippen molar-refractivity contribution >= 4 is 28.3 Å². The molecule has 0 spiro atoms. The molecule has 0 aliphatic rings. The van der Waals surface area contributed by atoms with Crippen LogP contribution < -0.4 is 10.6 Å². The smallest absolute Gasteiger partial charge is 0.338 e. The largest absolute Gasteiger partial charge is 0.478 e. The van der Waals surface area contributed by atoms with Crippen LogP contribution in [0.3, 0.4) is 0 Å². The Morgan fingerprint density at radius 3 is 2.62 bits per heavy atom. The number of urea groups is 1. The molecule has 0 fully saturated rings. The molecular formula is C15H24N2O3S. The number of amides is 2. The Bertz CT molecular complexity index is 458. The topological polar surface area (TPSA) is 78.4 Å². The molecule has 0 bridgehead atoms. The van der Waals surface area contributed by atoms with Crippen molar-refractivity contribution < 1.29 is 14.7 Å². The number of rotatable bonds is 9. The van der Waals surface area contributed by atoms with Crippen molar-refractivity contribution in [2.75, 3.05) is 11.9 Å². The van der Waals surface area contributed by atoms with Crippen LogP contribution >= 0.6 is 11.3 Å². The molecule has 0 aromatic carbocycles. The highest BCUT2D eigenvalue weighted by atomic mass is 32.1. The van der Waals surface area contributed by atoms with Crippen molar-refractivity contribution in [1.29, 1.82) is 0 Å². The molecule has 118 valence electrons. The van der Waals surface area contributed by atoms with E-state index in [1.807, 2.05) is 0 Å². The second-order valence-electron chi connectivity index (χ2n) is 5.45. The summed E-state index contributed by atoms with van der Waals surface area (Å²) in [4.78, 5) is 22.6. The van der Waals surface area contributed by atoms with E-state index in [0.717, 1.165) is 18.8 Å². The van der Waals surface area contributed by atoms with E-state index >= 15 is 0 Å². The Hall–Kier alpha value is -1.56. The molecule has 1 aromatic rings. The monoisotopic (exact) mass is 312 g/mol. The first-order valence-electron chi connectivity index (χ1n) is 7.36. The lowest BCUT2D eigenvalue weighted by molar-refractivity contribution is 0.0698. The SMILES string of the molecule is CC(C)CCCCCCNC(=O)Nc1sccc1C(=O)O. The van der Waals surface area contributed by atoms with Crippen LogP contribution in [-0.4, -0.2) is 23.7 Å². The van der Waals surface area contributed by atoms with E-state index in [4.69, 9.17) is 5.11 Å². The minimum absolute atomic E-state index is 0.129. The van der Waals surface area contributed by atoms with Crippen molar-refractivity contribution in [3.63, 3.8) is 0 Å². The number of hydrogen-bond acceptors (Lipinski definition) is 3. The first kappa shape index (κ1) is 17.5. The molecular weight excluding hydrogens is 288 g/mol. The molecule has 0 saturated heterocycles. The van der Waals surface area contributed by atoms with Gasteiger partial charge >= 0.3 is 12.0 Å². The van der Waals surface area contributed by atoms with Gasteiger partial charge in [0.05, 0.1) is 5.56 Å². The third-order valence-corrected chi connectivity index (χ3v) is 3.95. The Labute approximate surface area is 129 Å². The number of hydrogen-bond donors (Lipinski definition) is 3. The number of anilines is 1. The number of carboxylic acid groups (broad SMARTS) is 1. The maximum absolute atomic E-state index is 11.7. The van der Waals surface area contributed by atoms with Crippen LogP contribution in [0.2, 0.25) is 0 Å². The summed E-state index contributed by atoms with van der Waals surface area (Å²) in [5.74, 6) is -0.278. The van der Waals surface area contributed by atoms with E-state index in [2.05, 4.69) is 24.5 Å². The Morgan fingerprint density at radius 2 is 1.95 bits per heavy atom. The van der Waals surface area contributed by atoms with Crippen LogP contribution in [-0.2, 0) is 0 Å². The molecule has 0 unspecified atom stereocenters. The molecule has 21 heavy (non-hydrogen) atoms. The molecule has 3 N–H and O–H groups in total. The fraction of sp³-hybridized carbons (Fsp3) is 0.600. The molecule has 0 radical (unpaired) electrons. The number of nitrogens with one attached hydrogen (secondary N) is 2.